The molecule has 2 aliphatic rings. The van der Waals surface area contributed by atoms with Crippen LogP contribution in [-0.2, 0) is 0 Å². The van der Waals surface area contributed by atoms with Crippen LogP contribution in [0.15, 0.2) is 0 Å². The molecular weight excluding hydrogens is 210 g/mol. The molecule has 1 saturated heterocycles. The number of rotatable bonds is 3. The summed E-state index contributed by atoms with van der Waals surface area (Å²) >= 11 is 0. The van der Waals surface area contributed by atoms with Gasteiger partial charge in [0.25, 0.3) is 0 Å². The van der Waals surface area contributed by atoms with E-state index >= 15 is 0 Å². The second-order valence-corrected chi connectivity index (χ2v) is 5.85. The minimum atomic E-state index is 0.359. The summed E-state index contributed by atoms with van der Waals surface area (Å²) in [7, 11) is 0. The van der Waals surface area contributed by atoms with Crippen molar-refractivity contribution in [3.63, 3.8) is 0 Å². The molecule has 1 saturated carbocycles. The number of nitrogens with one attached hydrogen (secondary N) is 1. The molecule has 0 spiro atoms. The van der Waals surface area contributed by atoms with Crippen molar-refractivity contribution in [2.45, 2.75) is 57.9 Å². The van der Waals surface area contributed by atoms with E-state index in [0.29, 0.717) is 11.8 Å². The summed E-state index contributed by atoms with van der Waals surface area (Å²) in [6.07, 6.45) is 9.19. The van der Waals surface area contributed by atoms with Crippen LogP contribution in [-0.4, -0.2) is 29.9 Å². The number of hydrogen-bond acceptors (Lipinski definition) is 2. The first-order chi connectivity index (χ1) is 8.20. The molecule has 1 aliphatic heterocycles. The van der Waals surface area contributed by atoms with Crippen molar-refractivity contribution in [2.24, 2.45) is 17.6 Å². The average molecular weight is 237 g/mol. The van der Waals surface area contributed by atoms with Crippen molar-refractivity contribution < 1.29 is 0 Å². The Morgan fingerprint density at radius 3 is 2.18 bits per heavy atom. The number of hydrogen-bond donors (Lipinski definition) is 2. The van der Waals surface area contributed by atoms with Gasteiger partial charge in [0.05, 0.1) is 5.84 Å². The first-order valence-corrected chi connectivity index (χ1v) is 7.28. The van der Waals surface area contributed by atoms with E-state index in [-0.39, 0.29) is 0 Å². The third-order valence-corrected chi connectivity index (χ3v) is 4.88. The molecule has 0 atom stereocenters. The van der Waals surface area contributed by atoms with Gasteiger partial charge in [-0.25, -0.2) is 0 Å². The predicted octanol–water partition coefficient (Wildman–Crippen LogP) is 2.60. The lowest BCUT2D eigenvalue weighted by Gasteiger charge is -2.40. The maximum atomic E-state index is 7.51. The quantitative estimate of drug-likeness (QED) is 0.585. The Bertz CT molecular complexity index is 248. The van der Waals surface area contributed by atoms with Crippen molar-refractivity contribution >= 4 is 5.84 Å². The molecule has 0 aromatic heterocycles. The maximum Gasteiger partial charge on any atom is 0.0937 e. The van der Waals surface area contributed by atoms with Crippen LogP contribution in [0.4, 0.5) is 0 Å². The smallest absolute Gasteiger partial charge is 0.0937 e. The lowest BCUT2D eigenvalue weighted by molar-refractivity contribution is 0.105. The molecule has 1 heterocycles. The van der Waals surface area contributed by atoms with Crippen molar-refractivity contribution in [3.8, 4) is 0 Å². The SMILES string of the molecule is CCC1CCC(N2CCC(C(=N)N)CC2)CC1. The van der Waals surface area contributed by atoms with E-state index in [2.05, 4.69) is 11.8 Å². The molecule has 2 rings (SSSR count). The lowest BCUT2D eigenvalue weighted by Crippen LogP contribution is -2.45. The Balaban J connectivity index is 1.76. The van der Waals surface area contributed by atoms with E-state index in [0.717, 1.165) is 37.9 Å². The Morgan fingerprint density at radius 2 is 1.71 bits per heavy atom. The highest BCUT2D eigenvalue weighted by molar-refractivity contribution is 5.79. The van der Waals surface area contributed by atoms with Crippen LogP contribution in [0.3, 0.4) is 0 Å². The number of nitrogens with zero attached hydrogens (tertiary/aromatic N) is 1. The van der Waals surface area contributed by atoms with Crippen LogP contribution in [0, 0.1) is 17.2 Å². The van der Waals surface area contributed by atoms with Gasteiger partial charge in [-0.15, -0.1) is 0 Å². The average Bonchev–Trinajstić information content (AvgIpc) is 2.39. The summed E-state index contributed by atoms with van der Waals surface area (Å²) in [6.45, 7) is 4.64. The third-order valence-electron chi connectivity index (χ3n) is 4.88. The van der Waals surface area contributed by atoms with E-state index < -0.39 is 0 Å². The van der Waals surface area contributed by atoms with Gasteiger partial charge in [-0.1, -0.05) is 13.3 Å². The topological polar surface area (TPSA) is 53.1 Å². The second kappa shape index (κ2) is 5.85. The summed E-state index contributed by atoms with van der Waals surface area (Å²) in [5.74, 6) is 1.75. The second-order valence-electron chi connectivity index (χ2n) is 5.85. The lowest BCUT2D eigenvalue weighted by atomic mass is 9.83. The van der Waals surface area contributed by atoms with Gasteiger partial charge in [-0.2, -0.15) is 0 Å². The van der Waals surface area contributed by atoms with Crippen molar-refractivity contribution in [1.29, 1.82) is 5.41 Å². The van der Waals surface area contributed by atoms with Crippen LogP contribution < -0.4 is 5.73 Å². The Morgan fingerprint density at radius 1 is 1.12 bits per heavy atom. The van der Waals surface area contributed by atoms with Crippen LogP contribution in [0.1, 0.15) is 51.9 Å². The van der Waals surface area contributed by atoms with Gasteiger partial charge in [-0.05, 0) is 57.5 Å². The summed E-state index contributed by atoms with van der Waals surface area (Å²) in [5, 5.41) is 7.51. The van der Waals surface area contributed by atoms with Gasteiger partial charge in [0, 0.05) is 12.0 Å². The number of nitrogens with two attached hydrogens (primary N) is 1. The Kier molecular flexibility index (Phi) is 4.43. The first kappa shape index (κ1) is 12.9. The minimum Gasteiger partial charge on any atom is -0.387 e. The fourth-order valence-electron chi connectivity index (χ4n) is 3.49. The molecule has 3 N–H and O–H groups in total. The normalized spacial score (nSPS) is 32.5. The molecule has 0 aromatic rings. The summed E-state index contributed by atoms with van der Waals surface area (Å²) < 4.78 is 0. The Hall–Kier alpha value is -0.570. The fraction of sp³-hybridized carbons (Fsp3) is 0.929. The summed E-state index contributed by atoms with van der Waals surface area (Å²) in [6, 6.07) is 0.825. The maximum absolute atomic E-state index is 7.51. The predicted molar refractivity (Wildman–Crippen MR) is 72.2 cm³/mol. The Labute approximate surface area is 105 Å². The first-order valence-electron chi connectivity index (χ1n) is 7.28. The zero-order chi connectivity index (χ0) is 12.3. The zero-order valence-corrected chi connectivity index (χ0v) is 11.1. The number of amidine groups is 1. The summed E-state index contributed by atoms with van der Waals surface area (Å²) in [4.78, 5) is 2.66. The van der Waals surface area contributed by atoms with Crippen molar-refractivity contribution in [3.05, 3.63) is 0 Å². The van der Waals surface area contributed by atoms with E-state index in [9.17, 15) is 0 Å². The molecule has 17 heavy (non-hydrogen) atoms. The van der Waals surface area contributed by atoms with Gasteiger partial charge < -0.3 is 10.6 Å². The standard InChI is InChI=1S/C14H27N3/c1-2-11-3-5-13(6-4-11)17-9-7-12(8-10-17)14(15)16/h11-13H,2-10H2,1H3,(H3,15,16). The highest BCUT2D eigenvalue weighted by Gasteiger charge is 2.29. The van der Waals surface area contributed by atoms with Crippen molar-refractivity contribution in [1.82, 2.24) is 4.90 Å². The zero-order valence-electron chi connectivity index (χ0n) is 11.1. The molecule has 0 amide bonds. The molecule has 0 bridgehead atoms. The number of piperidine rings is 1. The van der Waals surface area contributed by atoms with Gasteiger partial charge in [0.2, 0.25) is 0 Å². The van der Waals surface area contributed by atoms with E-state index in [1.807, 2.05) is 0 Å². The molecule has 2 fully saturated rings. The van der Waals surface area contributed by atoms with Crippen LogP contribution in [0.5, 0.6) is 0 Å². The molecule has 0 radical (unpaired) electrons. The molecular formula is C14H27N3. The molecule has 3 nitrogen and oxygen atoms in total. The minimum absolute atomic E-state index is 0.359. The fourth-order valence-corrected chi connectivity index (χ4v) is 3.49. The van der Waals surface area contributed by atoms with Gasteiger partial charge in [0.1, 0.15) is 0 Å². The van der Waals surface area contributed by atoms with E-state index in [1.54, 1.807) is 0 Å². The van der Waals surface area contributed by atoms with E-state index in [4.69, 9.17) is 11.1 Å². The van der Waals surface area contributed by atoms with Gasteiger partial charge in [0.15, 0.2) is 0 Å². The van der Waals surface area contributed by atoms with E-state index in [1.165, 1.54) is 32.1 Å². The molecule has 98 valence electrons. The van der Waals surface area contributed by atoms with Crippen LogP contribution in [0.2, 0.25) is 0 Å². The third kappa shape index (κ3) is 3.21. The molecule has 3 heteroatoms. The van der Waals surface area contributed by atoms with Crippen LogP contribution in [0.25, 0.3) is 0 Å². The highest BCUT2D eigenvalue weighted by atomic mass is 15.2. The molecule has 0 aromatic carbocycles. The summed E-state index contributed by atoms with van der Waals surface area (Å²) in [5.41, 5.74) is 5.59. The van der Waals surface area contributed by atoms with Gasteiger partial charge in [-0.3, -0.25) is 5.41 Å². The monoisotopic (exact) mass is 237 g/mol. The molecule has 1 aliphatic carbocycles. The van der Waals surface area contributed by atoms with Gasteiger partial charge >= 0.3 is 0 Å². The van der Waals surface area contributed by atoms with Crippen molar-refractivity contribution in [2.75, 3.05) is 13.1 Å². The molecule has 0 unspecified atom stereocenters. The highest BCUT2D eigenvalue weighted by Crippen LogP contribution is 2.31. The van der Waals surface area contributed by atoms with Crippen LogP contribution >= 0.6 is 0 Å². The number of likely N-dealkylation sites (tertiary alicyclic amines) is 1. The largest absolute Gasteiger partial charge is 0.387 e.